The maximum atomic E-state index is 14.5. The standard InChI is InChI=1S/C42H62N10O15S/c1-21(2)14-25-36(59)50-26(16-22-9-10-30(53)24(43)15-22)38(61)52-42(11-5-3-6-12-42)41(66)51-28(18-31(44)54)35(58)46-13-7-4-8-32(55)48-29(34(45)57)19-68(67)20-33(56)47-27(37(60)49-25)17-23(39(62)63)40(64)65/h9-10,15,21,23,25-29,53H,3-8,11-14,16-20,43H2,1-2H3,(H2,44,54)(H2,45,57)(H,46,58)(H,47,56)(H,48,55)(H,49,60)(H,50,59)(H,51,66)(H,52,61)(H,62,63)(H,64,65)/t25-,26-,27-,28-,29+,68+/m0/s1. The van der Waals surface area contributed by atoms with Crippen molar-refractivity contribution in [1.29, 1.82) is 0 Å². The Hall–Kier alpha value is -6.86. The number of phenols is 1. The molecule has 16 N–H and O–H groups in total. The van der Waals surface area contributed by atoms with Crippen molar-refractivity contribution in [1.82, 2.24) is 37.2 Å². The minimum absolute atomic E-state index is 0.0569. The Kier molecular flexibility index (Phi) is 21.1. The number of hydrogen-bond acceptors (Lipinski definition) is 14. The number of aromatic hydroxyl groups is 1. The van der Waals surface area contributed by atoms with Crippen molar-refractivity contribution in [3.05, 3.63) is 23.8 Å². The average molecular weight is 979 g/mol. The number of phenolic OH excluding ortho intramolecular Hbond substituents is 1. The van der Waals surface area contributed by atoms with Crippen molar-refractivity contribution in [2.75, 3.05) is 23.8 Å². The molecule has 0 bridgehead atoms. The third-order valence-electron chi connectivity index (χ3n) is 11.2. The van der Waals surface area contributed by atoms with E-state index in [1.807, 2.05) is 0 Å². The Morgan fingerprint density at radius 1 is 0.750 bits per heavy atom. The van der Waals surface area contributed by atoms with Crippen LogP contribution in [0, 0.1) is 11.8 Å². The largest absolute Gasteiger partial charge is 0.506 e. The van der Waals surface area contributed by atoms with Gasteiger partial charge in [0.1, 0.15) is 47.3 Å². The predicted molar refractivity (Wildman–Crippen MR) is 240 cm³/mol. The number of amides is 9. The second-order valence-corrected chi connectivity index (χ2v) is 18.8. The van der Waals surface area contributed by atoms with Crippen LogP contribution in [0.1, 0.15) is 90.0 Å². The summed E-state index contributed by atoms with van der Waals surface area (Å²) in [5, 5.41) is 46.8. The van der Waals surface area contributed by atoms with E-state index in [1.165, 1.54) is 18.2 Å². The average Bonchev–Trinajstić information content (AvgIpc) is 3.24. The van der Waals surface area contributed by atoms with Crippen LogP contribution in [-0.4, -0.2) is 138 Å². The second kappa shape index (κ2) is 25.9. The molecule has 0 aromatic heterocycles. The number of nitrogen functional groups attached to an aromatic ring is 1. The summed E-state index contributed by atoms with van der Waals surface area (Å²) < 4.78 is 13.1. The molecule has 68 heavy (non-hydrogen) atoms. The fourth-order valence-electron chi connectivity index (χ4n) is 7.63. The van der Waals surface area contributed by atoms with Gasteiger partial charge in [-0.05, 0) is 55.7 Å². The van der Waals surface area contributed by atoms with Crippen LogP contribution in [0.25, 0.3) is 0 Å². The molecule has 0 unspecified atom stereocenters. The summed E-state index contributed by atoms with van der Waals surface area (Å²) in [5.74, 6) is -17.1. The Bertz CT molecular complexity index is 2100. The fraction of sp³-hybridized carbons (Fsp3) is 0.595. The maximum Gasteiger partial charge on any atom is 0.317 e. The van der Waals surface area contributed by atoms with E-state index in [9.17, 15) is 72.3 Å². The lowest BCUT2D eigenvalue weighted by Crippen LogP contribution is -2.66. The van der Waals surface area contributed by atoms with Crippen LogP contribution in [0.15, 0.2) is 18.2 Å². The van der Waals surface area contributed by atoms with E-state index < -0.39 is 142 Å². The summed E-state index contributed by atoms with van der Waals surface area (Å²) in [7, 11) is -2.29. The lowest BCUT2D eigenvalue weighted by Gasteiger charge is -2.38. The summed E-state index contributed by atoms with van der Waals surface area (Å²) in [4.78, 5) is 145. The SMILES string of the molecule is CC(C)C[C@@H]1NC(=O)[C@H](CC(C(=O)O)C(=O)O)NC(=O)C[S@](=O)C[C@H](C(N)=O)NC(=O)CCCCNC(=O)[C@H](CC(N)=O)NC(=O)C2(CCCCC2)NC(=O)[C@H](Cc2ccc(O)c(N)c2)NC1=O. The Morgan fingerprint density at radius 2 is 1.37 bits per heavy atom. The lowest BCUT2D eigenvalue weighted by atomic mass is 9.80. The van der Waals surface area contributed by atoms with E-state index in [2.05, 4.69) is 37.2 Å². The summed E-state index contributed by atoms with van der Waals surface area (Å²) >= 11 is 0. The third-order valence-corrected chi connectivity index (χ3v) is 12.5. The van der Waals surface area contributed by atoms with Crippen molar-refractivity contribution in [2.24, 2.45) is 23.3 Å². The quantitative estimate of drug-likeness (QED) is 0.0579. The number of primary amides is 2. The van der Waals surface area contributed by atoms with Gasteiger partial charge in [-0.25, -0.2) is 0 Å². The number of carboxylic acids is 2. The van der Waals surface area contributed by atoms with Crippen LogP contribution < -0.4 is 54.4 Å². The van der Waals surface area contributed by atoms with E-state index in [0.29, 0.717) is 24.8 Å². The molecule has 1 saturated heterocycles. The van der Waals surface area contributed by atoms with E-state index in [4.69, 9.17) is 17.2 Å². The summed E-state index contributed by atoms with van der Waals surface area (Å²) in [6, 6.07) is -4.19. The Labute approximate surface area is 393 Å². The van der Waals surface area contributed by atoms with Crippen LogP contribution in [0.2, 0.25) is 0 Å². The molecule has 9 amide bonds. The van der Waals surface area contributed by atoms with Crippen molar-refractivity contribution < 1.29 is 72.3 Å². The number of hydrogen-bond donors (Lipinski definition) is 13. The molecule has 1 aromatic rings. The molecule has 2 aliphatic rings. The van der Waals surface area contributed by atoms with Crippen LogP contribution >= 0.6 is 0 Å². The molecule has 1 aliphatic carbocycles. The van der Waals surface area contributed by atoms with Gasteiger partial charge in [-0.15, -0.1) is 0 Å². The highest BCUT2D eigenvalue weighted by molar-refractivity contribution is 7.85. The molecule has 1 spiro atoms. The van der Waals surface area contributed by atoms with E-state index in [0.717, 1.165) is 0 Å². The van der Waals surface area contributed by atoms with Gasteiger partial charge in [-0.3, -0.25) is 56.9 Å². The van der Waals surface area contributed by atoms with Crippen LogP contribution in [0.3, 0.4) is 0 Å². The van der Waals surface area contributed by atoms with Gasteiger partial charge in [0, 0.05) is 36.6 Å². The molecule has 2 fully saturated rings. The zero-order valence-electron chi connectivity index (χ0n) is 37.8. The summed E-state index contributed by atoms with van der Waals surface area (Å²) in [5.41, 5.74) is 15.3. The molecule has 25 nitrogen and oxygen atoms in total. The molecular weight excluding hydrogens is 917 g/mol. The van der Waals surface area contributed by atoms with E-state index >= 15 is 0 Å². The van der Waals surface area contributed by atoms with Crippen LogP contribution in [-0.2, 0) is 70.0 Å². The number of nitrogens with one attached hydrogen (secondary N) is 7. The second-order valence-electron chi connectivity index (χ2n) is 17.3. The number of aliphatic carboxylic acids is 2. The lowest BCUT2D eigenvalue weighted by molar-refractivity contribution is -0.155. The highest BCUT2D eigenvalue weighted by atomic mass is 32.2. The third kappa shape index (κ3) is 17.4. The first kappa shape index (κ1) is 55.5. The minimum Gasteiger partial charge on any atom is -0.506 e. The number of anilines is 1. The molecule has 26 heteroatoms. The van der Waals surface area contributed by atoms with Gasteiger partial charge in [0.25, 0.3) is 0 Å². The van der Waals surface area contributed by atoms with Gasteiger partial charge >= 0.3 is 11.9 Å². The molecule has 1 saturated carbocycles. The highest BCUT2D eigenvalue weighted by Crippen LogP contribution is 2.30. The highest BCUT2D eigenvalue weighted by Gasteiger charge is 2.44. The Morgan fingerprint density at radius 3 is 1.94 bits per heavy atom. The van der Waals surface area contributed by atoms with Gasteiger partial charge in [0.05, 0.1) is 17.9 Å². The predicted octanol–water partition coefficient (Wildman–Crippen LogP) is -3.61. The molecule has 3 rings (SSSR count). The van der Waals surface area contributed by atoms with Gasteiger partial charge in [-0.2, -0.15) is 0 Å². The normalized spacial score (nSPS) is 24.5. The van der Waals surface area contributed by atoms with E-state index in [1.54, 1.807) is 13.8 Å². The number of benzene rings is 1. The zero-order valence-corrected chi connectivity index (χ0v) is 38.6. The summed E-state index contributed by atoms with van der Waals surface area (Å²) in [6.45, 7) is 3.27. The first-order valence-corrected chi connectivity index (χ1v) is 23.5. The van der Waals surface area contributed by atoms with Gasteiger partial charge in [-0.1, -0.05) is 39.2 Å². The number of nitrogens with two attached hydrogens (primary N) is 3. The molecule has 1 heterocycles. The van der Waals surface area contributed by atoms with Crippen molar-refractivity contribution in [2.45, 2.75) is 127 Å². The number of rotatable bonds is 11. The number of carbonyl (C=O) groups excluding carboxylic acids is 9. The maximum absolute atomic E-state index is 14.5. The topological polar surface area (TPSA) is 428 Å². The Balaban J connectivity index is 2.14. The zero-order chi connectivity index (χ0) is 50.9. The smallest absolute Gasteiger partial charge is 0.317 e. The monoisotopic (exact) mass is 978 g/mol. The van der Waals surface area contributed by atoms with Crippen molar-refractivity contribution in [3.8, 4) is 5.75 Å². The first-order valence-electron chi connectivity index (χ1n) is 22.0. The molecule has 1 aromatic carbocycles. The van der Waals surface area contributed by atoms with Gasteiger partial charge in [0.2, 0.25) is 53.2 Å². The molecular formula is C42H62N10O15S. The molecule has 376 valence electrons. The minimum atomic E-state index is -2.29. The van der Waals surface area contributed by atoms with E-state index in [-0.39, 0.29) is 68.8 Å². The van der Waals surface area contributed by atoms with Crippen LogP contribution in [0.5, 0.6) is 5.75 Å². The van der Waals surface area contributed by atoms with Gasteiger partial charge in [0.15, 0.2) is 5.92 Å². The fourth-order valence-corrected chi connectivity index (χ4v) is 8.74. The molecule has 6 atom stereocenters. The van der Waals surface area contributed by atoms with Crippen LogP contribution in [0.4, 0.5) is 5.69 Å². The first-order chi connectivity index (χ1) is 31.9. The number of carbonyl (C=O) groups is 11. The van der Waals surface area contributed by atoms with Crippen molar-refractivity contribution >= 4 is 81.6 Å². The summed E-state index contributed by atoms with van der Waals surface area (Å²) in [6.07, 6.45) is -0.471. The molecule has 1 aliphatic heterocycles. The number of carboxylic acid groups (broad SMARTS) is 2. The molecule has 0 radical (unpaired) electrons. The van der Waals surface area contributed by atoms with Crippen molar-refractivity contribution in [3.63, 3.8) is 0 Å². The van der Waals surface area contributed by atoms with Gasteiger partial charge < -0.3 is 69.7 Å².